The van der Waals surface area contributed by atoms with Crippen LogP contribution < -0.4 is 11.0 Å². The largest absolute Gasteiger partial charge is 0.383 e. The third-order valence-electron chi connectivity index (χ3n) is 7.46. The van der Waals surface area contributed by atoms with Gasteiger partial charge >= 0.3 is 11.7 Å². The first-order valence-corrected chi connectivity index (χ1v) is 12.7. The predicted molar refractivity (Wildman–Crippen MR) is 135 cm³/mol. The van der Waals surface area contributed by atoms with Crippen LogP contribution >= 0.6 is 0 Å². The number of pyridine rings is 1. The number of nitrogens with one attached hydrogen (secondary N) is 2. The number of aromatic amines is 1. The molecule has 0 bridgehead atoms. The quantitative estimate of drug-likeness (QED) is 0.510. The number of hydrogen-bond acceptors (Lipinski definition) is 5. The van der Waals surface area contributed by atoms with Gasteiger partial charge in [-0.3, -0.25) is 14.3 Å². The van der Waals surface area contributed by atoms with Crippen molar-refractivity contribution < 1.29 is 23.1 Å². The summed E-state index contributed by atoms with van der Waals surface area (Å²) in [5.74, 6) is -2.65. The molecule has 202 valence electrons. The molecule has 4 heterocycles. The molecule has 0 saturated carbocycles. The Morgan fingerprint density at radius 1 is 1.18 bits per heavy atom. The lowest BCUT2D eigenvalue weighted by molar-refractivity contribution is -0.137. The number of halogens is 2. The van der Waals surface area contributed by atoms with E-state index in [-0.39, 0.29) is 49.3 Å². The Morgan fingerprint density at radius 3 is 2.74 bits per heavy atom. The number of aromatic nitrogens is 3. The number of methoxy groups -OCH3 is 1. The number of imidazole rings is 1. The van der Waals surface area contributed by atoms with Gasteiger partial charge in [0.05, 0.1) is 12.1 Å². The molecule has 3 amide bonds. The van der Waals surface area contributed by atoms with Crippen molar-refractivity contribution >= 4 is 23.1 Å². The Hall–Kier alpha value is -3.80. The molecule has 2 fully saturated rings. The number of carbonyl (C=O) groups excluding carboxylic acids is 2. The summed E-state index contributed by atoms with van der Waals surface area (Å²) < 4.78 is 35.3. The molecule has 12 heteroatoms. The number of urea groups is 1. The Labute approximate surface area is 217 Å². The summed E-state index contributed by atoms with van der Waals surface area (Å²) in [6.45, 7) is 1.54. The van der Waals surface area contributed by atoms with E-state index in [4.69, 9.17) is 4.74 Å². The summed E-state index contributed by atoms with van der Waals surface area (Å²) in [6, 6.07) is 6.23. The lowest BCUT2D eigenvalue weighted by Crippen LogP contribution is -2.57. The SMILES string of the molecule is COCCN1CC(c2cccc(F)c2F)CC(NC(=O)N2CCC(n3c(=O)[nH]c4ncccc43)CC2)C1=O. The Kier molecular flexibility index (Phi) is 7.41. The van der Waals surface area contributed by atoms with Gasteiger partial charge in [-0.05, 0) is 43.0 Å². The highest BCUT2D eigenvalue weighted by Gasteiger charge is 2.38. The van der Waals surface area contributed by atoms with Gasteiger partial charge in [0.1, 0.15) is 6.04 Å². The molecule has 2 aromatic heterocycles. The Morgan fingerprint density at radius 2 is 1.97 bits per heavy atom. The molecule has 0 radical (unpaired) electrons. The number of carbonyl (C=O) groups is 2. The molecule has 5 rings (SSSR count). The Bertz CT molecular complexity index is 1380. The zero-order chi connectivity index (χ0) is 26.8. The molecule has 10 nitrogen and oxygen atoms in total. The number of amides is 3. The Balaban J connectivity index is 1.27. The second kappa shape index (κ2) is 10.9. The zero-order valence-electron chi connectivity index (χ0n) is 21.0. The van der Waals surface area contributed by atoms with Gasteiger partial charge in [0.2, 0.25) is 5.91 Å². The van der Waals surface area contributed by atoms with Crippen LogP contribution in [0.15, 0.2) is 41.3 Å². The molecule has 2 unspecified atom stereocenters. The second-order valence-electron chi connectivity index (χ2n) is 9.74. The van der Waals surface area contributed by atoms with Crippen LogP contribution in [0.5, 0.6) is 0 Å². The number of hydrogen-bond donors (Lipinski definition) is 2. The number of fused-ring (bicyclic) bond motifs is 1. The predicted octanol–water partition coefficient (Wildman–Crippen LogP) is 2.38. The van der Waals surface area contributed by atoms with E-state index in [1.54, 1.807) is 21.7 Å². The van der Waals surface area contributed by atoms with Gasteiger partial charge in [-0.2, -0.15) is 0 Å². The molecule has 2 saturated heterocycles. The van der Waals surface area contributed by atoms with Gasteiger partial charge in [0.25, 0.3) is 0 Å². The first-order chi connectivity index (χ1) is 18.4. The van der Waals surface area contributed by atoms with Crippen molar-refractivity contribution in [2.45, 2.75) is 37.3 Å². The maximum atomic E-state index is 14.6. The number of nitrogens with zero attached hydrogens (tertiary/aromatic N) is 4. The monoisotopic (exact) mass is 528 g/mol. The van der Waals surface area contributed by atoms with E-state index >= 15 is 0 Å². The lowest BCUT2D eigenvalue weighted by atomic mass is 9.87. The van der Waals surface area contributed by atoms with Crippen molar-refractivity contribution in [3.8, 4) is 0 Å². The van der Waals surface area contributed by atoms with Crippen LogP contribution in [-0.4, -0.2) is 82.2 Å². The van der Waals surface area contributed by atoms with Crippen LogP contribution in [0.1, 0.15) is 36.8 Å². The summed E-state index contributed by atoms with van der Waals surface area (Å²) in [5, 5.41) is 2.82. The molecule has 2 N–H and O–H groups in total. The zero-order valence-corrected chi connectivity index (χ0v) is 21.0. The van der Waals surface area contributed by atoms with Crippen LogP contribution in [0.2, 0.25) is 0 Å². The molecule has 1 aromatic carbocycles. The lowest BCUT2D eigenvalue weighted by Gasteiger charge is -2.39. The fourth-order valence-corrected chi connectivity index (χ4v) is 5.51. The fourth-order valence-electron chi connectivity index (χ4n) is 5.51. The van der Waals surface area contributed by atoms with E-state index in [0.29, 0.717) is 31.6 Å². The molecule has 0 aliphatic carbocycles. The third-order valence-corrected chi connectivity index (χ3v) is 7.46. The number of ether oxygens (including phenoxy) is 1. The molecule has 2 aliphatic rings. The first kappa shape index (κ1) is 25.8. The smallest absolute Gasteiger partial charge is 0.327 e. The van der Waals surface area contributed by atoms with Crippen molar-refractivity contribution in [3.05, 3.63) is 64.2 Å². The van der Waals surface area contributed by atoms with E-state index < -0.39 is 29.6 Å². The van der Waals surface area contributed by atoms with Gasteiger partial charge in [0.15, 0.2) is 17.3 Å². The normalized spacial score (nSPS) is 20.8. The highest BCUT2D eigenvalue weighted by Crippen LogP contribution is 2.31. The minimum atomic E-state index is -0.948. The first-order valence-electron chi connectivity index (χ1n) is 12.7. The molecule has 2 atom stereocenters. The van der Waals surface area contributed by atoms with E-state index in [1.165, 1.54) is 24.1 Å². The van der Waals surface area contributed by atoms with Gasteiger partial charge < -0.3 is 19.9 Å². The highest BCUT2D eigenvalue weighted by molar-refractivity contribution is 5.88. The maximum absolute atomic E-state index is 14.6. The molecular weight excluding hydrogens is 498 g/mol. The van der Waals surface area contributed by atoms with Gasteiger partial charge in [0, 0.05) is 51.4 Å². The van der Waals surface area contributed by atoms with Crippen molar-refractivity contribution in [1.29, 1.82) is 0 Å². The standard InChI is InChI=1S/C26H30F2N6O4/c1-38-13-12-33-15-16(18-4-2-5-19(27)22(18)28)14-20(24(33)35)30-25(36)32-10-7-17(8-11-32)34-21-6-3-9-29-23(21)31-26(34)37/h2-6,9,16-17,20H,7-8,10-15H2,1H3,(H,30,36)(H,29,31,37). The summed E-state index contributed by atoms with van der Waals surface area (Å²) in [5.41, 5.74) is 1.19. The van der Waals surface area contributed by atoms with Crippen molar-refractivity contribution in [2.24, 2.45) is 0 Å². The molecular formula is C26H30F2N6O4. The maximum Gasteiger partial charge on any atom is 0.327 e. The van der Waals surface area contributed by atoms with Gasteiger partial charge in [-0.15, -0.1) is 0 Å². The van der Waals surface area contributed by atoms with Crippen LogP contribution in [-0.2, 0) is 9.53 Å². The van der Waals surface area contributed by atoms with Crippen molar-refractivity contribution in [2.75, 3.05) is 39.9 Å². The minimum Gasteiger partial charge on any atom is -0.383 e. The van der Waals surface area contributed by atoms with Gasteiger partial charge in [-0.1, -0.05) is 12.1 Å². The topological polar surface area (TPSA) is 113 Å². The van der Waals surface area contributed by atoms with E-state index in [1.807, 2.05) is 6.07 Å². The number of rotatable bonds is 6. The van der Waals surface area contributed by atoms with Crippen LogP contribution in [0.25, 0.3) is 11.2 Å². The fraction of sp³-hybridized carbons (Fsp3) is 0.462. The van der Waals surface area contributed by atoms with E-state index in [0.717, 1.165) is 11.6 Å². The average molecular weight is 529 g/mol. The van der Waals surface area contributed by atoms with Gasteiger partial charge in [-0.25, -0.2) is 23.4 Å². The third kappa shape index (κ3) is 5.00. The van der Waals surface area contributed by atoms with Crippen LogP contribution in [0.4, 0.5) is 13.6 Å². The summed E-state index contributed by atoms with van der Waals surface area (Å²) in [7, 11) is 1.52. The average Bonchev–Trinajstić information content (AvgIpc) is 3.26. The molecule has 38 heavy (non-hydrogen) atoms. The van der Waals surface area contributed by atoms with Crippen molar-refractivity contribution in [1.82, 2.24) is 29.7 Å². The van der Waals surface area contributed by atoms with E-state index in [9.17, 15) is 23.2 Å². The number of likely N-dealkylation sites (tertiary alicyclic amines) is 2. The summed E-state index contributed by atoms with van der Waals surface area (Å²) in [6.07, 6.45) is 2.89. The minimum absolute atomic E-state index is 0.0920. The second-order valence-corrected chi connectivity index (χ2v) is 9.74. The number of piperidine rings is 2. The molecule has 2 aliphatic heterocycles. The summed E-state index contributed by atoms with van der Waals surface area (Å²) in [4.78, 5) is 49.0. The summed E-state index contributed by atoms with van der Waals surface area (Å²) >= 11 is 0. The molecule has 3 aromatic rings. The number of H-pyrrole nitrogens is 1. The number of benzene rings is 1. The van der Waals surface area contributed by atoms with E-state index in [2.05, 4.69) is 15.3 Å². The van der Waals surface area contributed by atoms with Crippen LogP contribution in [0.3, 0.4) is 0 Å². The molecule has 0 spiro atoms. The van der Waals surface area contributed by atoms with Crippen molar-refractivity contribution in [3.63, 3.8) is 0 Å². The highest BCUT2D eigenvalue weighted by atomic mass is 19.2. The van der Waals surface area contributed by atoms with Crippen LogP contribution in [0, 0.1) is 11.6 Å².